The molecule has 5 atom stereocenters. The van der Waals surface area contributed by atoms with Crippen LogP contribution >= 0.6 is 0 Å². The molecule has 0 saturated carbocycles. The van der Waals surface area contributed by atoms with Crippen LogP contribution in [0.15, 0.2) is 60.7 Å². The molecule has 3 aromatic carbocycles. The number of nitro benzene ring substituents is 1. The lowest BCUT2D eigenvalue weighted by atomic mass is 9.95. The van der Waals surface area contributed by atoms with E-state index in [0.717, 1.165) is 0 Å². The number of methoxy groups -OCH3 is 3. The third-order valence-corrected chi connectivity index (χ3v) is 8.93. The Balaban J connectivity index is 1.98. The fourth-order valence-electron chi connectivity index (χ4n) is 6.28. The third kappa shape index (κ3) is 10.0. The second-order valence-electron chi connectivity index (χ2n) is 13.6. The molecule has 16 nitrogen and oxygen atoms in total. The molecule has 2 heterocycles. The normalized spacial score (nSPS) is 18.5. The van der Waals surface area contributed by atoms with E-state index in [0.29, 0.717) is 17.5 Å². The average molecular weight is 749 g/mol. The van der Waals surface area contributed by atoms with Gasteiger partial charge in [0, 0.05) is 18.9 Å². The van der Waals surface area contributed by atoms with Gasteiger partial charge in [-0.05, 0) is 61.3 Å². The van der Waals surface area contributed by atoms with Gasteiger partial charge in [-0.15, -0.1) is 0 Å². The highest BCUT2D eigenvalue weighted by atomic mass is 16.6. The van der Waals surface area contributed by atoms with Gasteiger partial charge in [0.15, 0.2) is 11.5 Å². The fraction of sp³-hybridized carbons (Fsp3) is 0.421. The van der Waals surface area contributed by atoms with Gasteiger partial charge >= 0.3 is 11.7 Å². The van der Waals surface area contributed by atoms with Crippen LogP contribution in [0, 0.1) is 16.0 Å². The largest absolute Gasteiger partial charge is 0.493 e. The molecule has 3 amide bonds. The van der Waals surface area contributed by atoms with Gasteiger partial charge in [0.05, 0.1) is 38.3 Å². The number of carbonyl (C=O) groups excluding carboxylic acids is 4. The number of hydrogen-bond donors (Lipinski definition) is 4. The van der Waals surface area contributed by atoms with Crippen molar-refractivity contribution < 1.29 is 43.0 Å². The SMILES string of the molecule is COC(=O)[C@@H]([C@@H]1NC(=O)[C@@H](Cc2ccccc2)NC(=O)[C@@H](NC(=O)[C@H](N)CC(C)C)Cc2ccc(c([N+](=O)[O-])c2)Oc2cc1cc(OC)c2OC)N(C)C. The Morgan fingerprint density at radius 2 is 1.70 bits per heavy atom. The Morgan fingerprint density at radius 3 is 2.30 bits per heavy atom. The highest BCUT2D eigenvalue weighted by Gasteiger charge is 2.38. The van der Waals surface area contributed by atoms with Crippen LogP contribution in [0.5, 0.6) is 23.0 Å². The smallest absolute Gasteiger partial charge is 0.325 e. The molecule has 0 aliphatic carbocycles. The van der Waals surface area contributed by atoms with Crippen LogP contribution in [-0.4, -0.2) is 93.1 Å². The summed E-state index contributed by atoms with van der Waals surface area (Å²) < 4.78 is 22.5. The number of rotatable bonds is 12. The lowest BCUT2D eigenvalue weighted by Gasteiger charge is -2.33. The lowest BCUT2D eigenvalue weighted by Crippen LogP contribution is -2.58. The van der Waals surface area contributed by atoms with E-state index < -0.39 is 64.5 Å². The molecule has 3 aromatic rings. The van der Waals surface area contributed by atoms with Crippen molar-refractivity contribution in [1.82, 2.24) is 20.9 Å². The molecular formula is C38H48N6O10. The molecule has 0 radical (unpaired) electrons. The Kier molecular flexibility index (Phi) is 13.9. The van der Waals surface area contributed by atoms with Crippen molar-refractivity contribution in [3.63, 3.8) is 0 Å². The second-order valence-corrected chi connectivity index (χ2v) is 13.6. The van der Waals surface area contributed by atoms with Gasteiger partial charge in [-0.3, -0.25) is 34.2 Å². The number of carbonyl (C=O) groups is 4. The minimum atomic E-state index is -1.31. The number of hydrogen-bond acceptors (Lipinski definition) is 12. The van der Waals surface area contributed by atoms with Gasteiger partial charge in [0.2, 0.25) is 29.2 Å². The summed E-state index contributed by atoms with van der Waals surface area (Å²) in [5, 5.41) is 20.9. The van der Waals surface area contributed by atoms with E-state index in [4.69, 9.17) is 24.7 Å². The predicted octanol–water partition coefficient (Wildman–Crippen LogP) is 2.81. The molecule has 4 bridgehead atoms. The number of fused-ring (bicyclic) bond motifs is 9. The van der Waals surface area contributed by atoms with Crippen LogP contribution < -0.4 is 35.9 Å². The highest BCUT2D eigenvalue weighted by molar-refractivity contribution is 5.94. The van der Waals surface area contributed by atoms with Crippen LogP contribution in [0.1, 0.15) is 43.0 Å². The molecule has 2 aliphatic rings. The number of ether oxygens (including phenoxy) is 4. The maximum Gasteiger partial charge on any atom is 0.325 e. The van der Waals surface area contributed by atoms with Crippen molar-refractivity contribution in [1.29, 1.82) is 0 Å². The molecular weight excluding hydrogens is 700 g/mol. The Hall–Kier alpha value is -5.74. The van der Waals surface area contributed by atoms with Gasteiger partial charge < -0.3 is 40.6 Å². The highest BCUT2D eigenvalue weighted by Crippen LogP contribution is 2.44. The number of nitrogens with two attached hydrogens (primary N) is 1. The number of likely N-dealkylation sites (N-methyl/N-ethyl adjacent to an activating group) is 1. The predicted molar refractivity (Wildman–Crippen MR) is 198 cm³/mol. The molecule has 0 spiro atoms. The first-order chi connectivity index (χ1) is 25.7. The van der Waals surface area contributed by atoms with Crippen LogP contribution in [0.25, 0.3) is 0 Å². The van der Waals surface area contributed by atoms with Gasteiger partial charge in [0.1, 0.15) is 18.1 Å². The first kappa shape index (κ1) is 41.0. The molecule has 0 fully saturated rings. The molecule has 54 heavy (non-hydrogen) atoms. The third-order valence-electron chi connectivity index (χ3n) is 8.93. The molecule has 16 heteroatoms. The van der Waals surface area contributed by atoms with Crippen molar-refractivity contribution in [3.8, 4) is 23.0 Å². The first-order valence-corrected chi connectivity index (χ1v) is 17.3. The minimum Gasteiger partial charge on any atom is -0.493 e. The number of benzene rings is 3. The number of nitro groups is 1. The van der Waals surface area contributed by atoms with Crippen molar-refractivity contribution in [2.24, 2.45) is 11.7 Å². The lowest BCUT2D eigenvalue weighted by molar-refractivity contribution is -0.385. The average Bonchev–Trinajstić information content (AvgIpc) is 3.13. The molecule has 5 N–H and O–H groups in total. The quantitative estimate of drug-likeness (QED) is 0.120. The van der Waals surface area contributed by atoms with E-state index in [1.807, 2.05) is 19.9 Å². The zero-order chi connectivity index (χ0) is 39.7. The second kappa shape index (κ2) is 18.3. The van der Waals surface area contributed by atoms with E-state index in [1.54, 1.807) is 43.3 Å². The van der Waals surface area contributed by atoms with Crippen LogP contribution in [-0.2, 0) is 36.8 Å². The number of nitrogens with zero attached hydrogens (tertiary/aromatic N) is 2. The summed E-state index contributed by atoms with van der Waals surface area (Å²) in [5.41, 5.74) is 7.03. The Bertz CT molecular complexity index is 1840. The van der Waals surface area contributed by atoms with E-state index >= 15 is 0 Å². The van der Waals surface area contributed by atoms with E-state index in [9.17, 15) is 29.3 Å². The number of amides is 3. The number of nitrogens with one attached hydrogen (secondary N) is 3. The summed E-state index contributed by atoms with van der Waals surface area (Å²) in [6.07, 6.45) is 0.150. The summed E-state index contributed by atoms with van der Waals surface area (Å²) in [6, 6.07) is 10.3. The molecule has 290 valence electrons. The van der Waals surface area contributed by atoms with Crippen molar-refractivity contribution in [3.05, 3.63) is 87.5 Å². The summed E-state index contributed by atoms with van der Waals surface area (Å²) in [5.74, 6) is -2.63. The van der Waals surface area contributed by atoms with Crippen LogP contribution in [0.2, 0.25) is 0 Å². The Labute approximate surface area is 313 Å². The first-order valence-electron chi connectivity index (χ1n) is 17.3. The van der Waals surface area contributed by atoms with E-state index in [-0.39, 0.29) is 47.3 Å². The fourth-order valence-corrected chi connectivity index (χ4v) is 6.28. The standard InChI is InChI=1S/C38H48N6O10/c1-21(2)15-25(39)35(45)40-27-17-23-13-14-29(28(18-23)44(49)50)54-31-20-24(19-30(51-5)34(31)52-6)32(33(43(3)4)38(48)53-7)42-37(47)26(41-36(27)46)16-22-11-9-8-10-12-22/h8-14,18-21,25-27,32-33H,15-17,39H2,1-7H3,(H,40,45)(H,41,46)(H,42,47)/t25-,26-,27+,32-,33-/m1/s1. The van der Waals surface area contributed by atoms with Gasteiger partial charge in [0.25, 0.3) is 0 Å². The van der Waals surface area contributed by atoms with Gasteiger partial charge in [-0.1, -0.05) is 50.2 Å². The summed E-state index contributed by atoms with van der Waals surface area (Å²) in [4.78, 5) is 68.7. The van der Waals surface area contributed by atoms with Crippen LogP contribution in [0.3, 0.4) is 0 Å². The van der Waals surface area contributed by atoms with Crippen LogP contribution in [0.4, 0.5) is 5.69 Å². The molecule has 2 aliphatic heterocycles. The zero-order valence-corrected chi connectivity index (χ0v) is 31.4. The van der Waals surface area contributed by atoms with Crippen molar-refractivity contribution >= 4 is 29.4 Å². The van der Waals surface area contributed by atoms with Gasteiger partial charge in [-0.2, -0.15) is 0 Å². The summed E-state index contributed by atoms with van der Waals surface area (Å²) in [7, 11) is 7.19. The maximum absolute atomic E-state index is 14.5. The molecule has 0 saturated heterocycles. The molecule has 0 unspecified atom stereocenters. The number of esters is 1. The topological polar surface area (TPSA) is 214 Å². The van der Waals surface area contributed by atoms with E-state index in [2.05, 4.69) is 16.0 Å². The molecule has 0 aromatic heterocycles. The summed E-state index contributed by atoms with van der Waals surface area (Å²) >= 11 is 0. The zero-order valence-electron chi connectivity index (χ0n) is 31.4. The minimum absolute atomic E-state index is 0.0178. The van der Waals surface area contributed by atoms with Gasteiger partial charge in [-0.25, -0.2) is 0 Å². The maximum atomic E-state index is 14.5. The summed E-state index contributed by atoms with van der Waals surface area (Å²) in [6.45, 7) is 3.80. The van der Waals surface area contributed by atoms with E-state index in [1.165, 1.54) is 51.7 Å². The monoisotopic (exact) mass is 748 g/mol. The molecule has 5 rings (SSSR count). The van der Waals surface area contributed by atoms with Crippen molar-refractivity contribution in [2.75, 3.05) is 35.4 Å². The Morgan fingerprint density at radius 1 is 1.00 bits per heavy atom. The van der Waals surface area contributed by atoms with Crippen molar-refractivity contribution in [2.45, 2.75) is 63.3 Å².